The lowest BCUT2D eigenvalue weighted by Gasteiger charge is -2.33. The Labute approximate surface area is 98.0 Å². The number of carbonyl (C=O) groups is 1. The van der Waals surface area contributed by atoms with Gasteiger partial charge in [-0.1, -0.05) is 0 Å². The maximum Gasteiger partial charge on any atom is 0.330 e. The first-order valence-electron chi connectivity index (χ1n) is 5.06. The quantitative estimate of drug-likeness (QED) is 0.719. The van der Waals surface area contributed by atoms with Crippen molar-refractivity contribution in [3.63, 3.8) is 0 Å². The van der Waals surface area contributed by atoms with E-state index >= 15 is 0 Å². The van der Waals surface area contributed by atoms with Crippen molar-refractivity contribution in [1.29, 1.82) is 0 Å². The second-order valence-electron chi connectivity index (χ2n) is 3.58. The van der Waals surface area contributed by atoms with E-state index in [1.54, 1.807) is 0 Å². The molecule has 5 nitrogen and oxygen atoms in total. The molecule has 88 valence electrons. The predicted octanol–water partition coefficient (Wildman–Crippen LogP) is 0.830. The molecule has 0 radical (unpaired) electrons. The number of ether oxygens (including phenoxy) is 2. The number of anilines is 1. The van der Waals surface area contributed by atoms with Gasteiger partial charge in [0.1, 0.15) is 0 Å². The van der Waals surface area contributed by atoms with E-state index in [1.807, 2.05) is 17.2 Å². The number of rotatable bonds is 2. The zero-order valence-corrected chi connectivity index (χ0v) is 10.1. The van der Waals surface area contributed by atoms with Gasteiger partial charge in [0.25, 0.3) is 0 Å². The van der Waals surface area contributed by atoms with Gasteiger partial charge in [-0.05, 0) is 6.92 Å². The van der Waals surface area contributed by atoms with Gasteiger partial charge in [-0.25, -0.2) is 9.78 Å². The molecule has 1 aliphatic rings. The molecule has 0 saturated carbocycles. The van der Waals surface area contributed by atoms with Crippen LogP contribution in [-0.2, 0) is 14.3 Å². The molecule has 1 aromatic heterocycles. The van der Waals surface area contributed by atoms with Crippen molar-refractivity contribution < 1.29 is 14.3 Å². The Hall–Kier alpha value is -1.14. The first-order chi connectivity index (χ1) is 7.72. The van der Waals surface area contributed by atoms with E-state index in [4.69, 9.17) is 9.47 Å². The molecule has 0 amide bonds. The number of hydrogen-bond acceptors (Lipinski definition) is 6. The molecule has 1 unspecified atom stereocenters. The molecule has 2 rings (SSSR count). The zero-order chi connectivity index (χ0) is 11.5. The lowest BCUT2D eigenvalue weighted by Crippen LogP contribution is -2.50. The molecule has 0 bridgehead atoms. The zero-order valence-electron chi connectivity index (χ0n) is 9.30. The van der Waals surface area contributed by atoms with Crippen molar-refractivity contribution in [3.8, 4) is 0 Å². The molecule has 6 heteroatoms. The smallest absolute Gasteiger partial charge is 0.330 e. The van der Waals surface area contributed by atoms with Crippen LogP contribution in [0.3, 0.4) is 0 Å². The summed E-state index contributed by atoms with van der Waals surface area (Å²) < 4.78 is 10.1. The second-order valence-corrected chi connectivity index (χ2v) is 4.42. The minimum absolute atomic E-state index is 0.271. The lowest BCUT2D eigenvalue weighted by molar-refractivity contribution is -0.144. The Balaban J connectivity index is 2.19. The maximum atomic E-state index is 11.6. The summed E-state index contributed by atoms with van der Waals surface area (Å²) >= 11 is 1.54. The van der Waals surface area contributed by atoms with Gasteiger partial charge in [0.2, 0.25) is 0 Å². The number of carbonyl (C=O) groups excluding carboxylic acids is 1. The van der Waals surface area contributed by atoms with Crippen molar-refractivity contribution in [1.82, 2.24) is 4.98 Å². The molecule has 0 aliphatic carbocycles. The third-order valence-electron chi connectivity index (χ3n) is 2.45. The molecule has 1 aliphatic heterocycles. The van der Waals surface area contributed by atoms with E-state index in [0.29, 0.717) is 19.8 Å². The predicted molar refractivity (Wildman–Crippen MR) is 60.8 cm³/mol. The molecule has 16 heavy (non-hydrogen) atoms. The number of aryl methyl sites for hydroxylation is 1. The number of aromatic nitrogens is 1. The number of methoxy groups -OCH3 is 1. The molecule has 1 aromatic rings. The Morgan fingerprint density at radius 1 is 1.75 bits per heavy atom. The highest BCUT2D eigenvalue weighted by Crippen LogP contribution is 2.24. The molecule has 1 saturated heterocycles. The highest BCUT2D eigenvalue weighted by molar-refractivity contribution is 7.13. The SMILES string of the molecule is COC(=O)C1COCCN1c1nc(C)cs1. The van der Waals surface area contributed by atoms with Crippen LogP contribution in [0.25, 0.3) is 0 Å². The summed E-state index contributed by atoms with van der Waals surface area (Å²) in [7, 11) is 1.39. The second kappa shape index (κ2) is 4.80. The van der Waals surface area contributed by atoms with Crippen molar-refractivity contribution in [3.05, 3.63) is 11.1 Å². The highest BCUT2D eigenvalue weighted by Gasteiger charge is 2.31. The summed E-state index contributed by atoms with van der Waals surface area (Å²) in [5, 5.41) is 2.83. The minimum Gasteiger partial charge on any atom is -0.467 e. The number of hydrogen-bond donors (Lipinski definition) is 0. The Morgan fingerprint density at radius 2 is 2.56 bits per heavy atom. The number of esters is 1. The fourth-order valence-electron chi connectivity index (χ4n) is 1.64. The first-order valence-corrected chi connectivity index (χ1v) is 5.94. The Kier molecular flexibility index (Phi) is 3.40. The summed E-state index contributed by atoms with van der Waals surface area (Å²) in [5.74, 6) is -0.271. The molecular weight excluding hydrogens is 228 g/mol. The van der Waals surface area contributed by atoms with E-state index < -0.39 is 0 Å². The van der Waals surface area contributed by atoms with Crippen molar-refractivity contribution >= 4 is 22.4 Å². The van der Waals surface area contributed by atoms with Crippen LogP contribution in [0.4, 0.5) is 5.13 Å². The maximum absolute atomic E-state index is 11.6. The molecule has 1 atom stereocenters. The van der Waals surface area contributed by atoms with Gasteiger partial charge in [-0.3, -0.25) is 0 Å². The first kappa shape index (κ1) is 11.3. The van der Waals surface area contributed by atoms with Crippen LogP contribution in [0.1, 0.15) is 5.69 Å². The Morgan fingerprint density at radius 3 is 3.19 bits per heavy atom. The minimum atomic E-state index is -0.371. The summed E-state index contributed by atoms with van der Waals surface area (Å²) in [6.45, 7) is 3.59. The summed E-state index contributed by atoms with van der Waals surface area (Å²) in [6.07, 6.45) is 0. The van der Waals surface area contributed by atoms with Crippen molar-refractivity contribution in [2.45, 2.75) is 13.0 Å². The van der Waals surface area contributed by atoms with Crippen LogP contribution in [-0.4, -0.2) is 43.9 Å². The number of morpholine rings is 1. The van der Waals surface area contributed by atoms with Gasteiger partial charge in [-0.2, -0.15) is 0 Å². The van der Waals surface area contributed by atoms with Gasteiger partial charge in [0.05, 0.1) is 26.0 Å². The van der Waals surface area contributed by atoms with Crippen LogP contribution in [0.2, 0.25) is 0 Å². The van der Waals surface area contributed by atoms with E-state index in [9.17, 15) is 4.79 Å². The number of thiazole rings is 1. The van der Waals surface area contributed by atoms with E-state index in [-0.39, 0.29) is 12.0 Å². The lowest BCUT2D eigenvalue weighted by atomic mass is 10.2. The molecular formula is C10H14N2O3S. The van der Waals surface area contributed by atoms with E-state index in [2.05, 4.69) is 4.98 Å². The van der Waals surface area contributed by atoms with Crippen LogP contribution < -0.4 is 4.90 Å². The van der Waals surface area contributed by atoms with E-state index in [0.717, 1.165) is 10.8 Å². The molecule has 2 heterocycles. The van der Waals surface area contributed by atoms with Crippen LogP contribution in [0.5, 0.6) is 0 Å². The summed E-state index contributed by atoms with van der Waals surface area (Å²) in [6, 6.07) is -0.371. The largest absolute Gasteiger partial charge is 0.467 e. The summed E-state index contributed by atoms with van der Waals surface area (Å²) in [5.41, 5.74) is 0.968. The third-order valence-corrected chi connectivity index (χ3v) is 3.45. The van der Waals surface area contributed by atoms with Crippen LogP contribution in [0, 0.1) is 6.92 Å². The average molecular weight is 242 g/mol. The molecule has 1 fully saturated rings. The molecule has 0 N–H and O–H groups in total. The Bertz CT molecular complexity index is 380. The normalized spacial score (nSPS) is 20.9. The van der Waals surface area contributed by atoms with Crippen LogP contribution >= 0.6 is 11.3 Å². The summed E-state index contributed by atoms with van der Waals surface area (Å²) in [4.78, 5) is 17.9. The monoisotopic (exact) mass is 242 g/mol. The molecule has 0 aromatic carbocycles. The topological polar surface area (TPSA) is 51.7 Å². The third kappa shape index (κ3) is 2.17. The van der Waals surface area contributed by atoms with Gasteiger partial charge >= 0.3 is 5.97 Å². The average Bonchev–Trinajstić information content (AvgIpc) is 2.75. The standard InChI is InChI=1S/C10H14N2O3S/c1-7-6-16-10(11-7)12-3-4-15-5-8(12)9(13)14-2/h6,8H,3-5H2,1-2H3. The fraction of sp³-hybridized carbons (Fsp3) is 0.600. The van der Waals surface area contributed by atoms with Gasteiger partial charge in [0.15, 0.2) is 11.2 Å². The van der Waals surface area contributed by atoms with Gasteiger partial charge in [-0.15, -0.1) is 11.3 Å². The van der Waals surface area contributed by atoms with E-state index in [1.165, 1.54) is 18.4 Å². The van der Waals surface area contributed by atoms with Gasteiger partial charge in [0, 0.05) is 11.9 Å². The number of nitrogens with zero attached hydrogens (tertiary/aromatic N) is 2. The molecule has 0 spiro atoms. The van der Waals surface area contributed by atoms with Crippen LogP contribution in [0.15, 0.2) is 5.38 Å². The highest BCUT2D eigenvalue weighted by atomic mass is 32.1. The van der Waals surface area contributed by atoms with Crippen molar-refractivity contribution in [2.75, 3.05) is 31.8 Å². The van der Waals surface area contributed by atoms with Gasteiger partial charge < -0.3 is 14.4 Å². The fourth-order valence-corrected chi connectivity index (χ4v) is 2.52. The van der Waals surface area contributed by atoms with Crippen molar-refractivity contribution in [2.24, 2.45) is 0 Å².